The molecule has 0 saturated heterocycles. The third-order valence-electron chi connectivity index (χ3n) is 2.19. The fraction of sp³-hybridized carbons (Fsp3) is 0.600. The number of carbonyl (C=O) groups excluding carboxylic acids is 1. The second-order valence-corrected chi connectivity index (χ2v) is 4.67. The number of aryl methyl sites for hydroxylation is 2. The molecule has 1 atom stereocenters. The third kappa shape index (κ3) is 3.20. The molecule has 0 fully saturated rings. The van der Waals surface area contributed by atoms with E-state index in [0.29, 0.717) is 6.54 Å². The summed E-state index contributed by atoms with van der Waals surface area (Å²) in [5, 5.41) is 3.99. The smallest absolute Gasteiger partial charge is 0.310 e. The van der Waals surface area contributed by atoms with Gasteiger partial charge in [0.25, 0.3) is 0 Å². The zero-order valence-electron chi connectivity index (χ0n) is 9.46. The molecule has 0 bridgehead atoms. The van der Waals surface area contributed by atoms with E-state index in [0.717, 1.165) is 10.8 Å². The molecule has 1 aromatic heterocycles. The van der Waals surface area contributed by atoms with Crippen LogP contribution in [0.25, 0.3) is 0 Å². The molecule has 1 aromatic rings. The van der Waals surface area contributed by atoms with Crippen LogP contribution in [0, 0.1) is 19.8 Å². The van der Waals surface area contributed by atoms with E-state index in [-0.39, 0.29) is 11.9 Å². The average molecular weight is 228 g/mol. The van der Waals surface area contributed by atoms with Gasteiger partial charge in [0, 0.05) is 11.4 Å². The number of hydrogen-bond donors (Lipinski definition) is 1. The van der Waals surface area contributed by atoms with Gasteiger partial charge < -0.3 is 10.1 Å². The molecule has 5 heteroatoms. The first-order valence-corrected chi connectivity index (χ1v) is 5.62. The Morgan fingerprint density at radius 2 is 2.27 bits per heavy atom. The minimum atomic E-state index is -0.201. The lowest BCUT2D eigenvalue weighted by Gasteiger charge is -2.08. The predicted octanol–water partition coefficient (Wildman–Crippen LogP) is 1.98. The zero-order chi connectivity index (χ0) is 11.4. The summed E-state index contributed by atoms with van der Waals surface area (Å²) in [4.78, 5) is 16.6. The Kier molecular flexibility index (Phi) is 4.08. The number of ether oxygens (including phenoxy) is 1. The highest BCUT2D eigenvalue weighted by molar-refractivity contribution is 7.15. The molecule has 0 radical (unpaired) electrons. The Morgan fingerprint density at radius 3 is 2.73 bits per heavy atom. The minimum absolute atomic E-state index is 0.153. The van der Waals surface area contributed by atoms with E-state index in [9.17, 15) is 4.79 Å². The normalized spacial score (nSPS) is 12.3. The van der Waals surface area contributed by atoms with Gasteiger partial charge in [-0.05, 0) is 13.8 Å². The summed E-state index contributed by atoms with van der Waals surface area (Å²) in [6.45, 7) is 6.38. The van der Waals surface area contributed by atoms with E-state index in [1.165, 1.54) is 12.0 Å². The van der Waals surface area contributed by atoms with Crippen LogP contribution in [0.15, 0.2) is 0 Å². The van der Waals surface area contributed by atoms with Crippen molar-refractivity contribution >= 4 is 22.4 Å². The monoisotopic (exact) mass is 228 g/mol. The molecule has 84 valence electrons. The topological polar surface area (TPSA) is 51.2 Å². The highest BCUT2D eigenvalue weighted by Gasteiger charge is 2.13. The number of rotatable bonds is 4. The van der Waals surface area contributed by atoms with Crippen LogP contribution >= 0.6 is 11.3 Å². The molecule has 1 N–H and O–H groups in total. The van der Waals surface area contributed by atoms with E-state index < -0.39 is 0 Å². The first-order valence-electron chi connectivity index (χ1n) is 4.80. The Bertz CT molecular complexity index is 330. The van der Waals surface area contributed by atoms with Gasteiger partial charge in [-0.15, -0.1) is 11.3 Å². The number of hydrogen-bond acceptors (Lipinski definition) is 5. The number of anilines is 1. The first-order chi connectivity index (χ1) is 7.04. The average Bonchev–Trinajstić information content (AvgIpc) is 2.54. The van der Waals surface area contributed by atoms with Crippen molar-refractivity contribution in [3.63, 3.8) is 0 Å². The second-order valence-electron chi connectivity index (χ2n) is 3.47. The molecular formula is C10H16N2O2S. The van der Waals surface area contributed by atoms with Gasteiger partial charge in [-0.25, -0.2) is 4.98 Å². The summed E-state index contributed by atoms with van der Waals surface area (Å²) in [6.07, 6.45) is 0. The zero-order valence-corrected chi connectivity index (χ0v) is 10.3. The van der Waals surface area contributed by atoms with Crippen LogP contribution in [0.3, 0.4) is 0 Å². The molecule has 0 aromatic carbocycles. The lowest BCUT2D eigenvalue weighted by Crippen LogP contribution is -2.21. The van der Waals surface area contributed by atoms with Crippen molar-refractivity contribution in [3.8, 4) is 0 Å². The molecule has 1 rings (SSSR count). The summed E-state index contributed by atoms with van der Waals surface area (Å²) in [5.41, 5.74) is 1.04. The molecule has 1 heterocycles. The van der Waals surface area contributed by atoms with Gasteiger partial charge in [0.1, 0.15) is 0 Å². The van der Waals surface area contributed by atoms with Crippen LogP contribution in [0.5, 0.6) is 0 Å². The van der Waals surface area contributed by atoms with Gasteiger partial charge in [-0.2, -0.15) is 0 Å². The van der Waals surface area contributed by atoms with E-state index in [1.54, 1.807) is 11.3 Å². The number of thiazole rings is 1. The van der Waals surface area contributed by atoms with Gasteiger partial charge in [0.15, 0.2) is 5.13 Å². The summed E-state index contributed by atoms with van der Waals surface area (Å²) in [5.74, 6) is -0.355. The molecule has 1 unspecified atom stereocenters. The van der Waals surface area contributed by atoms with Crippen LogP contribution in [-0.2, 0) is 9.53 Å². The van der Waals surface area contributed by atoms with Crippen LogP contribution in [0.4, 0.5) is 5.13 Å². The lowest BCUT2D eigenvalue weighted by atomic mass is 10.2. The Labute approximate surface area is 93.7 Å². The van der Waals surface area contributed by atoms with Crippen molar-refractivity contribution in [2.75, 3.05) is 19.0 Å². The Hall–Kier alpha value is -1.10. The Morgan fingerprint density at radius 1 is 1.60 bits per heavy atom. The van der Waals surface area contributed by atoms with E-state index >= 15 is 0 Å². The summed E-state index contributed by atoms with van der Waals surface area (Å²) in [7, 11) is 1.40. The SMILES string of the molecule is COC(=O)C(C)CNc1nc(C)c(C)s1. The van der Waals surface area contributed by atoms with Crippen LogP contribution < -0.4 is 5.32 Å². The maximum absolute atomic E-state index is 11.1. The molecular weight excluding hydrogens is 212 g/mol. The third-order valence-corrected chi connectivity index (χ3v) is 3.22. The van der Waals surface area contributed by atoms with Gasteiger partial charge in [-0.1, -0.05) is 6.92 Å². The van der Waals surface area contributed by atoms with Gasteiger partial charge >= 0.3 is 5.97 Å². The number of nitrogens with zero attached hydrogens (tertiary/aromatic N) is 1. The molecule has 0 spiro atoms. The van der Waals surface area contributed by atoms with Gasteiger partial charge in [0.05, 0.1) is 18.7 Å². The lowest BCUT2D eigenvalue weighted by molar-refractivity contribution is -0.144. The molecule has 0 aliphatic heterocycles. The van der Waals surface area contributed by atoms with Crippen molar-refractivity contribution in [2.24, 2.45) is 5.92 Å². The molecule has 0 aliphatic carbocycles. The van der Waals surface area contributed by atoms with Crippen molar-refractivity contribution in [1.82, 2.24) is 4.98 Å². The number of aromatic nitrogens is 1. The molecule has 15 heavy (non-hydrogen) atoms. The minimum Gasteiger partial charge on any atom is -0.469 e. The van der Waals surface area contributed by atoms with Gasteiger partial charge in [-0.3, -0.25) is 4.79 Å². The predicted molar refractivity (Wildman–Crippen MR) is 61.3 cm³/mol. The van der Waals surface area contributed by atoms with Crippen molar-refractivity contribution < 1.29 is 9.53 Å². The van der Waals surface area contributed by atoms with E-state index in [4.69, 9.17) is 0 Å². The quantitative estimate of drug-likeness (QED) is 0.801. The maximum atomic E-state index is 11.1. The van der Waals surface area contributed by atoms with Crippen molar-refractivity contribution in [3.05, 3.63) is 10.6 Å². The van der Waals surface area contributed by atoms with Crippen molar-refractivity contribution in [1.29, 1.82) is 0 Å². The van der Waals surface area contributed by atoms with Crippen molar-refractivity contribution in [2.45, 2.75) is 20.8 Å². The summed E-state index contributed by atoms with van der Waals surface area (Å²) in [6, 6.07) is 0. The number of esters is 1. The first kappa shape index (κ1) is 12.0. The Balaban J connectivity index is 2.47. The van der Waals surface area contributed by atoms with Crippen LogP contribution in [0.1, 0.15) is 17.5 Å². The highest BCUT2D eigenvalue weighted by atomic mass is 32.1. The van der Waals surface area contributed by atoms with E-state index in [2.05, 4.69) is 15.0 Å². The largest absolute Gasteiger partial charge is 0.469 e. The fourth-order valence-corrected chi connectivity index (χ4v) is 1.89. The number of nitrogens with one attached hydrogen (secondary N) is 1. The number of methoxy groups -OCH3 is 1. The van der Waals surface area contributed by atoms with E-state index in [1.807, 2.05) is 20.8 Å². The van der Waals surface area contributed by atoms with Gasteiger partial charge in [0.2, 0.25) is 0 Å². The molecule has 4 nitrogen and oxygen atoms in total. The second kappa shape index (κ2) is 5.11. The van der Waals surface area contributed by atoms with Crippen LogP contribution in [0.2, 0.25) is 0 Å². The standard InChI is InChI=1S/C10H16N2O2S/c1-6(9(13)14-4)5-11-10-12-7(2)8(3)15-10/h6H,5H2,1-4H3,(H,11,12). The molecule has 0 saturated carbocycles. The summed E-state index contributed by atoms with van der Waals surface area (Å²) >= 11 is 1.60. The highest BCUT2D eigenvalue weighted by Crippen LogP contribution is 2.21. The molecule has 0 aliphatic rings. The molecule has 0 amide bonds. The maximum Gasteiger partial charge on any atom is 0.310 e. The van der Waals surface area contributed by atoms with Crippen LogP contribution in [-0.4, -0.2) is 24.6 Å². The number of carbonyl (C=O) groups is 1. The fourth-order valence-electron chi connectivity index (χ4n) is 1.07. The summed E-state index contributed by atoms with van der Waals surface area (Å²) < 4.78 is 4.63.